The van der Waals surface area contributed by atoms with Gasteiger partial charge in [-0.2, -0.15) is 36.9 Å². The van der Waals surface area contributed by atoms with Crippen LogP contribution in [0, 0.1) is 22.7 Å². The van der Waals surface area contributed by atoms with Crippen molar-refractivity contribution in [1.29, 1.82) is 10.5 Å². The Bertz CT molecular complexity index is 3450. The number of urea groups is 4. The number of alkyl halides is 6. The lowest BCUT2D eigenvalue weighted by Gasteiger charge is -2.41. The van der Waals surface area contributed by atoms with E-state index in [1.54, 1.807) is 0 Å². The molecule has 25 heteroatoms. The summed E-state index contributed by atoms with van der Waals surface area (Å²) in [6, 6.07) is 12.9. The molecule has 0 aromatic heterocycles. The van der Waals surface area contributed by atoms with E-state index >= 15 is 0 Å². The number of Topliss-reactive ketones (excluding diaryl/α,β-unsaturated/α-hetero) is 2. The van der Waals surface area contributed by atoms with Crippen LogP contribution in [-0.2, 0) is 42.6 Å². The number of hydrogen-bond donors (Lipinski definition) is 2. The van der Waals surface area contributed by atoms with Gasteiger partial charge in [0.15, 0.2) is 21.4 Å². The molecule has 2 heterocycles. The molecular formula is C50H40F6N8O9S2. The average Bonchev–Trinajstić information content (AvgIpc) is 3.99. The van der Waals surface area contributed by atoms with Gasteiger partial charge in [0.25, 0.3) is 0 Å². The molecule has 0 spiro atoms. The van der Waals surface area contributed by atoms with Gasteiger partial charge in [-0.25, -0.2) is 37.4 Å². The van der Waals surface area contributed by atoms with Crippen LogP contribution < -0.4 is 20.4 Å². The smallest absolute Gasteiger partial charge is 0.341 e. The number of sulfone groups is 1. The molecule has 8 amide bonds. The summed E-state index contributed by atoms with van der Waals surface area (Å²) in [5.41, 5.74) is -1.78. The van der Waals surface area contributed by atoms with Crippen molar-refractivity contribution in [1.82, 2.24) is 20.4 Å². The highest BCUT2D eigenvalue weighted by atomic mass is 32.2. The number of nitriles is 2. The van der Waals surface area contributed by atoms with Crippen LogP contribution in [0.4, 0.5) is 56.9 Å². The van der Waals surface area contributed by atoms with Crippen molar-refractivity contribution in [3.8, 4) is 12.1 Å². The number of nitrogens with one attached hydrogen (secondary N) is 2. The average molecular weight is 1080 g/mol. The third kappa shape index (κ3) is 10.1. The van der Waals surface area contributed by atoms with Crippen molar-refractivity contribution in [2.45, 2.75) is 78.8 Å². The summed E-state index contributed by atoms with van der Waals surface area (Å²) < 4.78 is 119. The Morgan fingerprint density at radius 3 is 1.55 bits per heavy atom. The zero-order chi connectivity index (χ0) is 54.6. The lowest BCUT2D eigenvalue weighted by molar-refractivity contribution is -0.138. The van der Waals surface area contributed by atoms with E-state index in [1.807, 2.05) is 12.1 Å². The van der Waals surface area contributed by atoms with Crippen LogP contribution in [0.5, 0.6) is 0 Å². The van der Waals surface area contributed by atoms with Crippen molar-refractivity contribution in [3.63, 3.8) is 0 Å². The summed E-state index contributed by atoms with van der Waals surface area (Å²) in [5.74, 6) is -0.877. The quantitative estimate of drug-likeness (QED) is 0.166. The van der Waals surface area contributed by atoms with E-state index in [2.05, 4.69) is 10.6 Å². The second kappa shape index (κ2) is 19.9. The standard InChI is InChI=1S/C26H21F3N4O5S.C24H19F3N4O4S/c1-39(37,38)21-11-14(13-30)5-8-18(21)23-22-19(9-10-20(22)34)32(17-4-2-3-15(12-17)26(27,28)29)25(36)33(23)24(35)31-16-6-7-16;1-29-22(33)31-21(16-7-6-13(12-28)10-19(16)36(2)35)20-17(8-9-18(20)32)30(23(31)34)15-5-3-4-14(11-15)24(25,26)27/h2-5,8,11-12,16,23H,6-7,9-10H2,1H3,(H,31,35);3-7,10-11,21H,8-9H2,1-2H3,(H,29,33)/t23-;/m1./s1. The first-order valence-electron chi connectivity index (χ1n) is 22.6. The van der Waals surface area contributed by atoms with Crippen LogP contribution in [0.2, 0.25) is 0 Å². The van der Waals surface area contributed by atoms with Gasteiger partial charge in [0, 0.05) is 65.9 Å². The Morgan fingerprint density at radius 1 is 0.667 bits per heavy atom. The maximum absolute atomic E-state index is 14.0. The van der Waals surface area contributed by atoms with Crippen LogP contribution in [0.1, 0.15) is 84.0 Å². The minimum Gasteiger partial charge on any atom is -0.341 e. The van der Waals surface area contributed by atoms with Crippen molar-refractivity contribution in [2.24, 2.45) is 0 Å². The molecule has 2 unspecified atom stereocenters. The Hall–Kier alpha value is -8.16. The molecule has 3 aliphatic carbocycles. The summed E-state index contributed by atoms with van der Waals surface area (Å²) in [6.45, 7) is 0. The minimum absolute atomic E-state index is 0.00474. The molecule has 2 N–H and O–H groups in total. The van der Waals surface area contributed by atoms with Crippen LogP contribution >= 0.6 is 0 Å². The second-order valence-corrected chi connectivity index (χ2v) is 21.0. The monoisotopic (exact) mass is 1070 g/mol. The second-order valence-electron chi connectivity index (χ2n) is 17.7. The number of rotatable bonds is 7. The summed E-state index contributed by atoms with van der Waals surface area (Å²) in [7, 11) is -4.42. The highest BCUT2D eigenvalue weighted by Crippen LogP contribution is 2.49. The van der Waals surface area contributed by atoms with Gasteiger partial charge in [0.05, 0.1) is 67.5 Å². The minimum atomic E-state index is -4.71. The van der Waals surface area contributed by atoms with Gasteiger partial charge in [-0.15, -0.1) is 0 Å². The van der Waals surface area contributed by atoms with Gasteiger partial charge in [0.2, 0.25) is 0 Å². The Labute approximate surface area is 426 Å². The zero-order valence-corrected chi connectivity index (χ0v) is 41.1. The maximum atomic E-state index is 14.0. The first kappa shape index (κ1) is 53.1. The molecule has 5 aliphatic rings. The first-order valence-corrected chi connectivity index (χ1v) is 26.0. The highest BCUT2D eigenvalue weighted by molar-refractivity contribution is 7.90. The fourth-order valence-electron chi connectivity index (χ4n) is 9.33. The predicted molar refractivity (Wildman–Crippen MR) is 254 cm³/mol. The molecule has 0 saturated heterocycles. The van der Waals surface area contributed by atoms with E-state index in [4.69, 9.17) is 0 Å². The largest absolute Gasteiger partial charge is 0.416 e. The number of allylic oxidation sites excluding steroid dienone is 2. The van der Waals surface area contributed by atoms with E-state index < -0.39 is 91.9 Å². The SMILES string of the molecule is CNC(=O)N1C(=O)N(c2cccc(C(F)(F)F)c2)C2=C(C(=O)CC2)C1c1ccc(C#N)cc1S(C)=O.CS(=O)(=O)c1cc(C#N)ccc1[C@@H]1C2=C(CCC2=O)N(c2cccc(C(F)(F)F)c2)C(=O)N1C(=O)NC1CC1. The predicted octanol–water partition coefficient (Wildman–Crippen LogP) is 8.71. The molecule has 388 valence electrons. The van der Waals surface area contributed by atoms with E-state index in [0.29, 0.717) is 17.7 Å². The van der Waals surface area contributed by atoms with Crippen molar-refractivity contribution < 1.29 is 67.7 Å². The molecule has 4 aromatic rings. The van der Waals surface area contributed by atoms with E-state index in [9.17, 15) is 78.3 Å². The third-order valence-electron chi connectivity index (χ3n) is 12.8. The Kier molecular flexibility index (Phi) is 14.1. The zero-order valence-electron chi connectivity index (χ0n) is 39.5. The number of hydrogen-bond acceptors (Lipinski definition) is 11. The molecule has 3 atom stereocenters. The fraction of sp³-hybridized carbons (Fsp3) is 0.280. The number of carbonyl (C=O) groups excluding carboxylic acids is 6. The molecule has 9 rings (SSSR count). The maximum Gasteiger partial charge on any atom is 0.416 e. The summed E-state index contributed by atoms with van der Waals surface area (Å²) in [6.07, 6.45) is -5.90. The number of amides is 8. The van der Waals surface area contributed by atoms with E-state index in [1.165, 1.54) is 55.8 Å². The van der Waals surface area contributed by atoms with E-state index in [0.717, 1.165) is 63.4 Å². The number of anilines is 2. The van der Waals surface area contributed by atoms with Crippen LogP contribution in [-0.4, -0.2) is 83.7 Å². The van der Waals surface area contributed by atoms with Gasteiger partial charge >= 0.3 is 36.5 Å². The van der Waals surface area contributed by atoms with Gasteiger partial charge in [0.1, 0.15) is 6.04 Å². The fourth-order valence-corrected chi connectivity index (χ4v) is 11.1. The molecule has 1 saturated carbocycles. The number of halogens is 6. The Morgan fingerprint density at radius 2 is 1.12 bits per heavy atom. The number of benzene rings is 4. The van der Waals surface area contributed by atoms with Crippen molar-refractivity contribution in [3.05, 3.63) is 141 Å². The van der Waals surface area contributed by atoms with E-state index in [-0.39, 0.29) is 97.7 Å². The first-order chi connectivity index (χ1) is 35.3. The van der Waals surface area contributed by atoms with Crippen molar-refractivity contribution >= 4 is 67.7 Å². The topological polar surface area (TPSA) is 238 Å². The number of ketones is 2. The van der Waals surface area contributed by atoms with Gasteiger partial charge in [-0.05, 0) is 97.5 Å². The summed E-state index contributed by atoms with van der Waals surface area (Å²) >= 11 is 0. The number of imide groups is 2. The molecular weight excluding hydrogens is 1030 g/mol. The van der Waals surface area contributed by atoms with Crippen LogP contribution in [0.25, 0.3) is 0 Å². The molecule has 1 fully saturated rings. The Balaban J connectivity index is 0.000000200. The highest BCUT2D eigenvalue weighted by Gasteiger charge is 2.52. The normalized spacial score (nSPS) is 19.2. The molecule has 0 radical (unpaired) electrons. The van der Waals surface area contributed by atoms with Crippen LogP contribution in [0.3, 0.4) is 0 Å². The van der Waals surface area contributed by atoms with Gasteiger partial charge in [-0.3, -0.25) is 23.6 Å². The third-order valence-corrected chi connectivity index (χ3v) is 14.9. The summed E-state index contributed by atoms with van der Waals surface area (Å²) in [4.78, 5) is 83.7. The van der Waals surface area contributed by atoms with Gasteiger partial charge < -0.3 is 10.6 Å². The lowest BCUT2D eigenvalue weighted by Crippen LogP contribution is -2.55. The van der Waals surface area contributed by atoms with Crippen molar-refractivity contribution in [2.75, 3.05) is 29.4 Å². The molecule has 17 nitrogen and oxygen atoms in total. The molecule has 0 bridgehead atoms. The number of nitrogens with zero attached hydrogens (tertiary/aromatic N) is 6. The van der Waals surface area contributed by atoms with Crippen LogP contribution in [0.15, 0.2) is 117 Å². The summed E-state index contributed by atoms with van der Waals surface area (Å²) in [5, 5.41) is 23.6. The number of carbonyl (C=O) groups is 6. The molecule has 2 aliphatic heterocycles. The molecule has 75 heavy (non-hydrogen) atoms. The van der Waals surface area contributed by atoms with Gasteiger partial charge in [-0.1, -0.05) is 24.3 Å². The lowest BCUT2D eigenvalue weighted by atomic mass is 9.92. The molecule has 4 aromatic carbocycles.